The van der Waals surface area contributed by atoms with E-state index in [1.54, 1.807) is 10.8 Å². The Morgan fingerprint density at radius 2 is 2.26 bits per heavy atom. The molecule has 0 radical (unpaired) electrons. The van der Waals surface area contributed by atoms with Gasteiger partial charge in [0.2, 0.25) is 0 Å². The Balaban J connectivity index is 1.79. The van der Waals surface area contributed by atoms with Crippen molar-refractivity contribution in [3.63, 3.8) is 0 Å². The number of fused-ring (bicyclic) bond motifs is 1. The van der Waals surface area contributed by atoms with E-state index in [-0.39, 0.29) is 11.8 Å². The van der Waals surface area contributed by atoms with E-state index < -0.39 is 5.97 Å². The van der Waals surface area contributed by atoms with Crippen molar-refractivity contribution in [1.82, 2.24) is 4.57 Å². The fourth-order valence-corrected chi connectivity index (χ4v) is 2.60. The molecule has 98 valence electrons. The number of halogens is 1. The summed E-state index contributed by atoms with van der Waals surface area (Å²) in [4.78, 5) is 11.1. The lowest BCUT2D eigenvalue weighted by molar-refractivity contribution is 0.0682. The van der Waals surface area contributed by atoms with Crippen LogP contribution in [0.15, 0.2) is 36.5 Å². The zero-order chi connectivity index (χ0) is 13.4. The molecule has 3 rings (SSSR count). The van der Waals surface area contributed by atoms with Crippen LogP contribution in [0.4, 0.5) is 0 Å². The van der Waals surface area contributed by atoms with Gasteiger partial charge in [-0.2, -0.15) is 0 Å². The minimum absolute atomic E-state index is 0.0565. The van der Waals surface area contributed by atoms with Gasteiger partial charge in [-0.25, -0.2) is 4.79 Å². The van der Waals surface area contributed by atoms with Gasteiger partial charge in [-0.1, -0.05) is 29.8 Å². The summed E-state index contributed by atoms with van der Waals surface area (Å²) >= 11 is 5.86. The largest absolute Gasteiger partial charge is 0.488 e. The molecule has 0 spiro atoms. The van der Waals surface area contributed by atoms with Crippen molar-refractivity contribution in [3.8, 4) is 5.75 Å². The van der Waals surface area contributed by atoms with Gasteiger partial charge in [-0.05, 0) is 17.7 Å². The average Bonchev–Trinajstić information content (AvgIpc) is 2.92. The number of benzene rings is 1. The molecular formula is C14H12ClNO3. The molecule has 0 fully saturated rings. The van der Waals surface area contributed by atoms with Gasteiger partial charge in [0, 0.05) is 12.6 Å². The second-order valence-corrected chi connectivity index (χ2v) is 4.99. The van der Waals surface area contributed by atoms with Gasteiger partial charge in [-0.15, -0.1) is 0 Å². The first-order valence-corrected chi connectivity index (χ1v) is 6.35. The molecule has 1 aliphatic rings. The van der Waals surface area contributed by atoms with E-state index in [4.69, 9.17) is 21.4 Å². The van der Waals surface area contributed by atoms with Crippen LogP contribution in [0.5, 0.6) is 5.75 Å². The Hall–Kier alpha value is -1.94. The molecule has 0 bridgehead atoms. The van der Waals surface area contributed by atoms with Gasteiger partial charge in [0.1, 0.15) is 17.5 Å². The maximum atomic E-state index is 11.1. The number of rotatable bonds is 3. The molecular weight excluding hydrogens is 266 g/mol. The number of carboxylic acid groups (broad SMARTS) is 1. The number of ether oxygens (including phenoxy) is 1. The Morgan fingerprint density at radius 1 is 1.47 bits per heavy atom. The molecule has 1 unspecified atom stereocenters. The van der Waals surface area contributed by atoms with E-state index in [0.717, 1.165) is 17.7 Å². The molecule has 1 N–H and O–H groups in total. The number of para-hydroxylation sites is 1. The molecule has 1 aliphatic heterocycles. The van der Waals surface area contributed by atoms with Crippen LogP contribution in [0, 0.1) is 0 Å². The Labute approximate surface area is 115 Å². The molecule has 0 aliphatic carbocycles. The van der Waals surface area contributed by atoms with Crippen molar-refractivity contribution in [2.45, 2.75) is 19.1 Å². The van der Waals surface area contributed by atoms with Crippen LogP contribution in [-0.2, 0) is 13.0 Å². The number of aromatic carboxylic acids is 1. The zero-order valence-corrected chi connectivity index (χ0v) is 10.8. The third kappa shape index (κ3) is 2.31. The Morgan fingerprint density at radius 3 is 3.00 bits per heavy atom. The third-order valence-corrected chi connectivity index (χ3v) is 3.40. The average molecular weight is 278 g/mol. The topological polar surface area (TPSA) is 51.5 Å². The highest BCUT2D eigenvalue weighted by Crippen LogP contribution is 2.29. The van der Waals surface area contributed by atoms with Gasteiger partial charge in [-0.3, -0.25) is 0 Å². The summed E-state index contributed by atoms with van der Waals surface area (Å²) in [7, 11) is 0. The first kappa shape index (κ1) is 12.1. The standard InChI is InChI=1S/C14H12ClNO3/c15-10-6-12(14(17)18)16(7-10)8-11-5-9-3-1-2-4-13(9)19-11/h1-4,6-7,11H,5,8H2,(H,17,18). The highest BCUT2D eigenvalue weighted by atomic mass is 35.5. The van der Waals surface area contributed by atoms with Crippen molar-refractivity contribution in [2.75, 3.05) is 0 Å². The molecule has 5 heteroatoms. The van der Waals surface area contributed by atoms with Gasteiger partial charge in [0.15, 0.2) is 0 Å². The van der Waals surface area contributed by atoms with Gasteiger partial charge in [0.05, 0.1) is 11.6 Å². The molecule has 0 amide bonds. The second-order valence-electron chi connectivity index (χ2n) is 4.55. The third-order valence-electron chi connectivity index (χ3n) is 3.20. The van der Waals surface area contributed by atoms with Crippen molar-refractivity contribution < 1.29 is 14.6 Å². The summed E-state index contributed by atoms with van der Waals surface area (Å²) in [5.41, 5.74) is 1.34. The molecule has 1 aromatic carbocycles. The van der Waals surface area contributed by atoms with Gasteiger partial charge in [0.25, 0.3) is 0 Å². The van der Waals surface area contributed by atoms with Crippen LogP contribution in [0.25, 0.3) is 0 Å². The van der Waals surface area contributed by atoms with Gasteiger partial charge < -0.3 is 14.4 Å². The molecule has 2 heterocycles. The van der Waals surface area contributed by atoms with Gasteiger partial charge >= 0.3 is 5.97 Å². The van der Waals surface area contributed by atoms with E-state index >= 15 is 0 Å². The van der Waals surface area contributed by atoms with E-state index in [1.165, 1.54) is 6.07 Å². The van der Waals surface area contributed by atoms with Crippen LogP contribution in [0.3, 0.4) is 0 Å². The van der Waals surface area contributed by atoms with Crippen LogP contribution >= 0.6 is 11.6 Å². The number of carboxylic acids is 1. The monoisotopic (exact) mass is 277 g/mol. The molecule has 0 saturated carbocycles. The minimum Gasteiger partial charge on any atom is -0.488 e. The first-order valence-electron chi connectivity index (χ1n) is 5.97. The van der Waals surface area contributed by atoms with Crippen molar-refractivity contribution >= 4 is 17.6 Å². The Kier molecular flexibility index (Phi) is 2.95. The molecule has 4 nitrogen and oxygen atoms in total. The molecule has 1 atom stereocenters. The SMILES string of the molecule is O=C(O)c1cc(Cl)cn1CC1Cc2ccccc2O1. The summed E-state index contributed by atoms with van der Waals surface area (Å²) in [6, 6.07) is 9.30. The summed E-state index contributed by atoms with van der Waals surface area (Å²) in [5, 5.41) is 9.53. The highest BCUT2D eigenvalue weighted by molar-refractivity contribution is 6.30. The number of carbonyl (C=O) groups is 1. The normalized spacial score (nSPS) is 17.0. The lowest BCUT2D eigenvalue weighted by Crippen LogP contribution is -2.22. The summed E-state index contributed by atoms with van der Waals surface area (Å²) in [6.07, 6.45) is 2.35. The number of hydrogen-bond acceptors (Lipinski definition) is 2. The first-order chi connectivity index (χ1) is 9.13. The van der Waals surface area contributed by atoms with E-state index in [9.17, 15) is 4.79 Å². The molecule has 0 saturated heterocycles. The predicted octanol–water partition coefficient (Wildman–Crippen LogP) is 2.84. The Bertz CT molecular complexity index is 610. The summed E-state index contributed by atoms with van der Waals surface area (Å²) in [6.45, 7) is 0.475. The van der Waals surface area contributed by atoms with E-state index in [2.05, 4.69) is 0 Å². The van der Waals surface area contributed by atoms with E-state index in [0.29, 0.717) is 11.6 Å². The second kappa shape index (κ2) is 4.63. The summed E-state index contributed by atoms with van der Waals surface area (Å²) in [5.74, 6) is -0.106. The fraction of sp³-hybridized carbons (Fsp3) is 0.214. The van der Waals surface area contributed by atoms with Crippen LogP contribution < -0.4 is 4.74 Å². The smallest absolute Gasteiger partial charge is 0.352 e. The fourth-order valence-electron chi connectivity index (χ4n) is 2.38. The van der Waals surface area contributed by atoms with Crippen LogP contribution in [-0.4, -0.2) is 21.7 Å². The van der Waals surface area contributed by atoms with Crippen LogP contribution in [0.2, 0.25) is 5.02 Å². The number of aromatic nitrogens is 1. The lowest BCUT2D eigenvalue weighted by Gasteiger charge is -2.13. The maximum absolute atomic E-state index is 11.1. The number of hydrogen-bond donors (Lipinski definition) is 1. The van der Waals surface area contributed by atoms with Crippen molar-refractivity contribution in [3.05, 3.63) is 52.8 Å². The number of nitrogens with zero attached hydrogens (tertiary/aromatic N) is 1. The highest BCUT2D eigenvalue weighted by Gasteiger charge is 2.24. The predicted molar refractivity (Wildman–Crippen MR) is 71.0 cm³/mol. The lowest BCUT2D eigenvalue weighted by atomic mass is 10.1. The minimum atomic E-state index is -0.984. The quantitative estimate of drug-likeness (QED) is 0.938. The van der Waals surface area contributed by atoms with Crippen molar-refractivity contribution in [2.24, 2.45) is 0 Å². The molecule has 1 aromatic heterocycles. The van der Waals surface area contributed by atoms with Crippen LogP contribution in [0.1, 0.15) is 16.1 Å². The zero-order valence-electron chi connectivity index (χ0n) is 10.0. The van der Waals surface area contributed by atoms with E-state index in [1.807, 2.05) is 24.3 Å². The summed E-state index contributed by atoms with van der Waals surface area (Å²) < 4.78 is 7.42. The van der Waals surface area contributed by atoms with Crippen molar-refractivity contribution in [1.29, 1.82) is 0 Å². The molecule has 2 aromatic rings. The maximum Gasteiger partial charge on any atom is 0.352 e. The molecule has 19 heavy (non-hydrogen) atoms.